The van der Waals surface area contributed by atoms with Gasteiger partial charge < -0.3 is 24.0 Å². The monoisotopic (exact) mass is 786 g/mol. The highest BCUT2D eigenvalue weighted by Crippen LogP contribution is 2.47. The van der Waals surface area contributed by atoms with Crippen molar-refractivity contribution in [2.45, 2.75) is 121 Å². The van der Waals surface area contributed by atoms with E-state index in [0.29, 0.717) is 38.0 Å². The quantitative estimate of drug-likeness (QED) is 0.0688. The molecule has 2 aliphatic heterocycles. The van der Waals surface area contributed by atoms with Crippen molar-refractivity contribution in [1.82, 2.24) is 24.5 Å². The molecule has 3 aromatic rings. The molecule has 1 amide bonds. The number of halogens is 1. The van der Waals surface area contributed by atoms with Gasteiger partial charge in [-0.15, -0.1) is 0 Å². The highest BCUT2D eigenvalue weighted by molar-refractivity contribution is 9.10. The first-order chi connectivity index (χ1) is 23.4. The number of aromatic nitrogens is 4. The Balaban J connectivity index is 1.55. The van der Waals surface area contributed by atoms with Gasteiger partial charge in [0, 0.05) is 64.7 Å². The van der Waals surface area contributed by atoms with Crippen molar-refractivity contribution in [3.63, 3.8) is 0 Å². The van der Waals surface area contributed by atoms with Crippen molar-refractivity contribution in [3.05, 3.63) is 40.4 Å². The Labute approximate surface area is 307 Å². The lowest BCUT2D eigenvalue weighted by Crippen LogP contribution is -2.48. The van der Waals surface area contributed by atoms with Gasteiger partial charge in [0.25, 0.3) is 0 Å². The summed E-state index contributed by atoms with van der Waals surface area (Å²) in [5, 5.41) is 4.87. The van der Waals surface area contributed by atoms with Crippen LogP contribution < -0.4 is 4.90 Å². The van der Waals surface area contributed by atoms with Crippen LogP contribution in [0.5, 0.6) is 0 Å². The molecule has 2 unspecified atom stereocenters. The molecule has 50 heavy (non-hydrogen) atoms. The van der Waals surface area contributed by atoms with Gasteiger partial charge in [-0.1, -0.05) is 45.3 Å². The molecule has 11 nitrogen and oxygen atoms in total. The molecule has 0 saturated carbocycles. The highest BCUT2D eigenvalue weighted by atomic mass is 79.9. The zero-order valence-corrected chi connectivity index (χ0v) is 34.9. The fraction of sp³-hybridized carbons (Fsp3) is 0.639. The third-order valence-corrected chi connectivity index (χ3v) is 13.5. The van der Waals surface area contributed by atoms with E-state index in [1.54, 1.807) is 12.3 Å². The van der Waals surface area contributed by atoms with Crippen LogP contribution in [0.1, 0.15) is 68.6 Å². The highest BCUT2D eigenvalue weighted by Gasteiger charge is 2.46. The number of carbonyl (C=O) groups is 2. The van der Waals surface area contributed by atoms with Crippen LogP contribution in [0, 0.1) is 0 Å². The van der Waals surface area contributed by atoms with E-state index < -0.39 is 21.7 Å². The lowest BCUT2D eigenvalue weighted by molar-refractivity contribution is 0.00565. The Bertz CT molecular complexity index is 1610. The van der Waals surface area contributed by atoms with E-state index in [9.17, 15) is 9.59 Å². The molecule has 2 bridgehead atoms. The molecule has 3 aromatic heterocycles. The molecular formula is C36H55BrN6O5Si2. The lowest BCUT2D eigenvalue weighted by atomic mass is 9.88. The van der Waals surface area contributed by atoms with Gasteiger partial charge in [0.1, 0.15) is 24.8 Å². The van der Waals surface area contributed by atoms with Crippen LogP contribution >= 0.6 is 15.9 Å². The molecule has 5 heterocycles. The fourth-order valence-electron chi connectivity index (χ4n) is 6.64. The normalized spacial score (nSPS) is 19.6. The molecule has 274 valence electrons. The predicted molar refractivity (Wildman–Crippen MR) is 207 cm³/mol. The largest absolute Gasteiger partial charge is 0.444 e. The molecular weight excluding hydrogens is 733 g/mol. The van der Waals surface area contributed by atoms with Crippen LogP contribution in [0.3, 0.4) is 0 Å². The number of anilines is 1. The van der Waals surface area contributed by atoms with Crippen LogP contribution in [0.4, 0.5) is 10.6 Å². The maximum atomic E-state index is 13.3. The second-order valence-electron chi connectivity index (χ2n) is 17.2. The fourth-order valence-corrected chi connectivity index (χ4v) is 8.98. The topological polar surface area (TPSA) is 111 Å². The Hall–Kier alpha value is -2.66. The SMILES string of the molecule is CC(C)(C)OC(=O)N1C2CCC1CC(c1nc3c(-c4ccc(C=O)nc4)cnn3c(N(COCC[Si](C)(C)C)COCC[Si](C)(C)C)c1Br)C2. The summed E-state index contributed by atoms with van der Waals surface area (Å²) in [4.78, 5) is 38.4. The zero-order chi connectivity index (χ0) is 36.4. The smallest absolute Gasteiger partial charge is 0.410 e. The number of piperidine rings is 1. The maximum Gasteiger partial charge on any atom is 0.410 e. The van der Waals surface area contributed by atoms with Gasteiger partial charge in [0.05, 0.1) is 16.4 Å². The number of aldehydes is 1. The van der Waals surface area contributed by atoms with Gasteiger partial charge in [0.15, 0.2) is 17.8 Å². The second kappa shape index (κ2) is 15.5. The summed E-state index contributed by atoms with van der Waals surface area (Å²) in [5.74, 6) is 0.918. The molecule has 2 fully saturated rings. The van der Waals surface area contributed by atoms with Gasteiger partial charge >= 0.3 is 6.09 Å². The summed E-state index contributed by atoms with van der Waals surface area (Å²) in [6, 6.07) is 5.87. The van der Waals surface area contributed by atoms with E-state index in [2.05, 4.69) is 65.1 Å². The van der Waals surface area contributed by atoms with Crippen LogP contribution in [-0.2, 0) is 14.2 Å². The third-order valence-electron chi connectivity index (χ3n) is 9.32. The molecule has 14 heteroatoms. The number of hydrogen-bond acceptors (Lipinski definition) is 9. The van der Waals surface area contributed by atoms with Gasteiger partial charge in [-0.05, 0) is 80.5 Å². The molecule has 2 saturated heterocycles. The van der Waals surface area contributed by atoms with E-state index in [-0.39, 0.29) is 24.1 Å². The Morgan fingerprint density at radius 3 is 2.08 bits per heavy atom. The van der Waals surface area contributed by atoms with E-state index >= 15 is 0 Å². The molecule has 0 N–H and O–H groups in total. The zero-order valence-electron chi connectivity index (χ0n) is 31.3. The van der Waals surface area contributed by atoms with Crippen molar-refractivity contribution in [1.29, 1.82) is 0 Å². The van der Waals surface area contributed by atoms with E-state index in [0.717, 1.165) is 71.2 Å². The minimum absolute atomic E-state index is 0.0809. The maximum absolute atomic E-state index is 13.3. The number of hydrogen-bond donors (Lipinski definition) is 0. The summed E-state index contributed by atoms with van der Waals surface area (Å²) in [5.41, 5.74) is 3.08. The van der Waals surface area contributed by atoms with Crippen molar-refractivity contribution >= 4 is 55.9 Å². The van der Waals surface area contributed by atoms with Crippen LogP contribution in [0.25, 0.3) is 16.8 Å². The first-order valence-electron chi connectivity index (χ1n) is 17.8. The van der Waals surface area contributed by atoms with Crippen molar-refractivity contribution in [2.75, 3.05) is 31.6 Å². The van der Waals surface area contributed by atoms with Crippen LogP contribution in [0.15, 0.2) is 29.0 Å². The first-order valence-corrected chi connectivity index (χ1v) is 26.1. The van der Waals surface area contributed by atoms with E-state index in [1.165, 1.54) is 0 Å². The summed E-state index contributed by atoms with van der Waals surface area (Å²) < 4.78 is 21.3. The van der Waals surface area contributed by atoms with Crippen LogP contribution in [0.2, 0.25) is 51.4 Å². The number of fused-ring (bicyclic) bond motifs is 3. The van der Waals surface area contributed by atoms with Crippen molar-refractivity contribution in [3.8, 4) is 11.1 Å². The lowest BCUT2D eigenvalue weighted by Gasteiger charge is -2.39. The molecule has 0 aromatic carbocycles. The first kappa shape index (κ1) is 38.6. The third kappa shape index (κ3) is 9.61. The molecule has 0 aliphatic carbocycles. The van der Waals surface area contributed by atoms with E-state index in [1.807, 2.05) is 42.4 Å². The molecule has 0 spiro atoms. The number of ether oxygens (including phenoxy) is 3. The van der Waals surface area contributed by atoms with Crippen LogP contribution in [-0.4, -0.2) is 97.4 Å². The van der Waals surface area contributed by atoms with Gasteiger partial charge in [0.2, 0.25) is 0 Å². The number of carbonyl (C=O) groups excluding carboxylic acids is 2. The second-order valence-corrected chi connectivity index (χ2v) is 29.2. The number of nitrogens with zero attached hydrogens (tertiary/aromatic N) is 6. The van der Waals surface area contributed by atoms with Crippen molar-refractivity contribution in [2.24, 2.45) is 0 Å². The molecule has 2 atom stereocenters. The van der Waals surface area contributed by atoms with Gasteiger partial charge in [-0.3, -0.25) is 9.78 Å². The molecule has 5 rings (SSSR count). The molecule has 0 radical (unpaired) electrons. The van der Waals surface area contributed by atoms with Gasteiger partial charge in [-0.2, -0.15) is 9.61 Å². The minimum atomic E-state index is -1.29. The predicted octanol–water partition coefficient (Wildman–Crippen LogP) is 8.44. The summed E-state index contributed by atoms with van der Waals surface area (Å²) in [6.07, 6.45) is 7.48. The van der Waals surface area contributed by atoms with Crippen molar-refractivity contribution < 1.29 is 23.8 Å². The Kier molecular flexibility index (Phi) is 12.0. The Morgan fingerprint density at radius 1 is 0.980 bits per heavy atom. The van der Waals surface area contributed by atoms with Gasteiger partial charge in [-0.25, -0.2) is 9.78 Å². The minimum Gasteiger partial charge on any atom is -0.444 e. The average Bonchev–Trinajstić information content (AvgIpc) is 3.56. The number of amides is 1. The average molecular weight is 788 g/mol. The van der Waals surface area contributed by atoms with E-state index in [4.69, 9.17) is 24.3 Å². The summed E-state index contributed by atoms with van der Waals surface area (Å²) in [6.45, 7) is 21.9. The summed E-state index contributed by atoms with van der Waals surface area (Å²) in [7, 11) is -2.59. The summed E-state index contributed by atoms with van der Waals surface area (Å²) >= 11 is 4.03. The molecule has 2 aliphatic rings. The number of rotatable bonds is 14. The Morgan fingerprint density at radius 2 is 1.58 bits per heavy atom. The number of pyridine rings is 1. The standard InChI is InChI=1S/C36H55BrN6O5Si2/c1-36(2,3)48-35(45)42-28-12-13-29(42)19-26(18-28)32-31(37)34(41(23-46-14-16-49(4,5)6)24-47-15-17-50(7,8)9)43-33(40-32)30(21-39-43)25-10-11-27(22-44)38-20-25/h10-11,20-22,26,28-29H,12-19,23-24H2,1-9H3.